The molecule has 150 valence electrons. The summed E-state index contributed by atoms with van der Waals surface area (Å²) >= 11 is 0. The van der Waals surface area contributed by atoms with E-state index in [1.54, 1.807) is 6.20 Å². The molecular weight excluding hydrogens is 372 g/mol. The first kappa shape index (κ1) is 18.2. The van der Waals surface area contributed by atoms with Gasteiger partial charge in [0.2, 0.25) is 5.95 Å². The van der Waals surface area contributed by atoms with Crippen molar-refractivity contribution in [2.75, 3.05) is 17.2 Å². The Balaban J connectivity index is 1.25. The van der Waals surface area contributed by atoms with Crippen molar-refractivity contribution in [2.24, 2.45) is 0 Å². The monoisotopic (exact) mass is 396 g/mol. The molecule has 0 saturated carbocycles. The van der Waals surface area contributed by atoms with Gasteiger partial charge < -0.3 is 20.6 Å². The highest BCUT2D eigenvalue weighted by atomic mass is 15.1. The molecule has 0 spiro atoms. The summed E-state index contributed by atoms with van der Waals surface area (Å²) in [6, 6.07) is 16.7. The summed E-state index contributed by atoms with van der Waals surface area (Å²) < 4.78 is 0. The lowest BCUT2D eigenvalue weighted by molar-refractivity contribution is 0.991. The van der Waals surface area contributed by atoms with Crippen LogP contribution in [0.5, 0.6) is 0 Å². The summed E-state index contributed by atoms with van der Waals surface area (Å²) in [5.74, 6) is 1.39. The van der Waals surface area contributed by atoms with Gasteiger partial charge in [-0.25, -0.2) is 4.98 Å². The summed E-state index contributed by atoms with van der Waals surface area (Å²) in [4.78, 5) is 15.6. The molecule has 3 aromatic heterocycles. The summed E-state index contributed by atoms with van der Waals surface area (Å²) in [5.41, 5.74) is 7.03. The van der Waals surface area contributed by atoms with Gasteiger partial charge in [-0.2, -0.15) is 4.98 Å². The van der Waals surface area contributed by atoms with Crippen LogP contribution in [0.15, 0.2) is 60.9 Å². The molecule has 0 radical (unpaired) electrons. The molecule has 0 aliphatic rings. The van der Waals surface area contributed by atoms with Crippen LogP contribution in [0.4, 0.5) is 17.5 Å². The predicted molar refractivity (Wildman–Crippen MR) is 124 cm³/mol. The third kappa shape index (κ3) is 3.72. The molecule has 2 aromatic carbocycles. The van der Waals surface area contributed by atoms with Crippen molar-refractivity contribution in [3.63, 3.8) is 0 Å². The topological polar surface area (TPSA) is 81.4 Å². The van der Waals surface area contributed by atoms with Gasteiger partial charge in [0.25, 0.3) is 0 Å². The third-order valence-electron chi connectivity index (χ3n) is 5.28. The van der Waals surface area contributed by atoms with Gasteiger partial charge in [-0.05, 0) is 68.3 Å². The molecular formula is C24H24N6. The Morgan fingerprint density at radius 3 is 2.80 bits per heavy atom. The fourth-order valence-electron chi connectivity index (χ4n) is 3.82. The second-order valence-electron chi connectivity index (χ2n) is 7.68. The van der Waals surface area contributed by atoms with E-state index >= 15 is 0 Å². The molecule has 0 bridgehead atoms. The van der Waals surface area contributed by atoms with Crippen LogP contribution in [-0.4, -0.2) is 26.5 Å². The van der Waals surface area contributed by atoms with Gasteiger partial charge in [0, 0.05) is 52.1 Å². The summed E-state index contributed by atoms with van der Waals surface area (Å²) in [6.45, 7) is 4.95. The first-order chi connectivity index (χ1) is 14.6. The van der Waals surface area contributed by atoms with E-state index in [0.717, 1.165) is 35.7 Å². The summed E-state index contributed by atoms with van der Waals surface area (Å²) in [7, 11) is 0. The van der Waals surface area contributed by atoms with Gasteiger partial charge in [-0.15, -0.1) is 0 Å². The van der Waals surface area contributed by atoms with Crippen LogP contribution in [0, 0.1) is 13.8 Å². The zero-order valence-corrected chi connectivity index (χ0v) is 17.1. The van der Waals surface area contributed by atoms with Crippen LogP contribution >= 0.6 is 0 Å². The maximum Gasteiger partial charge on any atom is 0.224 e. The van der Waals surface area contributed by atoms with Crippen molar-refractivity contribution in [1.29, 1.82) is 0 Å². The molecule has 5 aromatic rings. The highest BCUT2D eigenvalue weighted by Gasteiger charge is 2.06. The summed E-state index contributed by atoms with van der Waals surface area (Å²) in [6.07, 6.45) is 4.75. The number of H-pyrrole nitrogens is 2. The predicted octanol–water partition coefficient (Wildman–Crippen LogP) is 5.45. The van der Waals surface area contributed by atoms with Crippen LogP contribution in [0.1, 0.15) is 16.8 Å². The molecule has 6 heteroatoms. The van der Waals surface area contributed by atoms with E-state index in [1.807, 2.05) is 12.1 Å². The van der Waals surface area contributed by atoms with E-state index in [1.165, 1.54) is 27.4 Å². The number of anilines is 3. The average molecular weight is 396 g/mol. The highest BCUT2D eigenvalue weighted by Crippen LogP contribution is 2.23. The van der Waals surface area contributed by atoms with Crippen molar-refractivity contribution in [2.45, 2.75) is 20.3 Å². The normalized spacial score (nSPS) is 11.3. The van der Waals surface area contributed by atoms with E-state index in [0.29, 0.717) is 5.95 Å². The molecule has 0 aliphatic carbocycles. The van der Waals surface area contributed by atoms with Crippen LogP contribution in [-0.2, 0) is 6.42 Å². The number of hydrogen-bond acceptors (Lipinski definition) is 4. The minimum atomic E-state index is 0.620. The van der Waals surface area contributed by atoms with Gasteiger partial charge in [0.15, 0.2) is 0 Å². The van der Waals surface area contributed by atoms with Gasteiger partial charge in [0.05, 0.1) is 0 Å². The Morgan fingerprint density at radius 2 is 1.87 bits per heavy atom. The largest absolute Gasteiger partial charge is 0.361 e. The van der Waals surface area contributed by atoms with Gasteiger partial charge in [-0.1, -0.05) is 11.6 Å². The Labute approximate surface area is 174 Å². The van der Waals surface area contributed by atoms with Gasteiger partial charge in [-0.3, -0.25) is 0 Å². The van der Waals surface area contributed by atoms with Crippen LogP contribution in [0.25, 0.3) is 21.8 Å². The molecule has 6 nitrogen and oxygen atoms in total. The quantitative estimate of drug-likeness (QED) is 0.307. The lowest BCUT2D eigenvalue weighted by Crippen LogP contribution is -2.08. The molecule has 0 saturated heterocycles. The molecule has 0 fully saturated rings. The first-order valence-electron chi connectivity index (χ1n) is 10.1. The number of nitrogens with zero attached hydrogens (tertiary/aromatic N) is 2. The lowest BCUT2D eigenvalue weighted by Gasteiger charge is -2.08. The number of benzene rings is 2. The number of aromatic amines is 2. The SMILES string of the molecule is Cc1ccc2[nH]cc(CCNc3nccc(Nc4ccc5[nH]c(C)cc5c4)n3)c2c1. The first-order valence-corrected chi connectivity index (χ1v) is 10.1. The molecule has 5 rings (SSSR count). The number of rotatable bonds is 6. The second kappa shape index (κ2) is 7.55. The zero-order chi connectivity index (χ0) is 20.5. The van der Waals surface area contributed by atoms with Crippen molar-refractivity contribution in [1.82, 2.24) is 19.9 Å². The van der Waals surface area contributed by atoms with E-state index in [4.69, 9.17) is 0 Å². The molecule has 0 amide bonds. The van der Waals surface area contributed by atoms with E-state index in [9.17, 15) is 0 Å². The number of nitrogens with one attached hydrogen (secondary N) is 4. The smallest absolute Gasteiger partial charge is 0.224 e. The average Bonchev–Trinajstić information content (AvgIpc) is 3.30. The minimum absolute atomic E-state index is 0.620. The van der Waals surface area contributed by atoms with Crippen molar-refractivity contribution >= 4 is 39.3 Å². The lowest BCUT2D eigenvalue weighted by atomic mass is 10.1. The molecule has 0 aliphatic heterocycles. The Kier molecular flexibility index (Phi) is 4.59. The zero-order valence-electron chi connectivity index (χ0n) is 17.1. The maximum absolute atomic E-state index is 4.60. The van der Waals surface area contributed by atoms with Crippen LogP contribution in [0.2, 0.25) is 0 Å². The number of fused-ring (bicyclic) bond motifs is 2. The van der Waals surface area contributed by atoms with E-state index in [-0.39, 0.29) is 0 Å². The number of hydrogen-bond donors (Lipinski definition) is 4. The fraction of sp³-hybridized carbons (Fsp3) is 0.167. The maximum atomic E-state index is 4.60. The molecule has 3 heterocycles. The molecule has 0 unspecified atom stereocenters. The minimum Gasteiger partial charge on any atom is -0.361 e. The highest BCUT2D eigenvalue weighted by molar-refractivity contribution is 5.85. The van der Waals surface area contributed by atoms with E-state index < -0.39 is 0 Å². The van der Waals surface area contributed by atoms with Crippen LogP contribution < -0.4 is 10.6 Å². The van der Waals surface area contributed by atoms with E-state index in [2.05, 4.69) is 87.0 Å². The van der Waals surface area contributed by atoms with Crippen molar-refractivity contribution < 1.29 is 0 Å². The summed E-state index contributed by atoms with van der Waals surface area (Å²) in [5, 5.41) is 9.17. The molecule has 30 heavy (non-hydrogen) atoms. The number of aromatic nitrogens is 4. The Bertz CT molecular complexity index is 1330. The molecule has 0 atom stereocenters. The van der Waals surface area contributed by atoms with Crippen molar-refractivity contribution in [3.8, 4) is 0 Å². The standard InChI is InChI=1S/C24H24N6/c1-15-3-5-22-20(11-15)17(14-27-22)7-9-25-24-26-10-8-23(30-24)29-19-4-6-21-18(13-19)12-16(2)28-21/h3-6,8,10-14,27-28H,7,9H2,1-2H3,(H2,25,26,29,30). The second-order valence-corrected chi connectivity index (χ2v) is 7.68. The molecule has 4 N–H and O–H groups in total. The van der Waals surface area contributed by atoms with Crippen LogP contribution in [0.3, 0.4) is 0 Å². The fourth-order valence-corrected chi connectivity index (χ4v) is 3.82. The van der Waals surface area contributed by atoms with Crippen molar-refractivity contribution in [3.05, 3.63) is 77.7 Å². The number of aryl methyl sites for hydroxylation is 2. The third-order valence-corrected chi connectivity index (χ3v) is 5.28. The Morgan fingerprint density at radius 1 is 0.967 bits per heavy atom. The van der Waals surface area contributed by atoms with Gasteiger partial charge in [0.1, 0.15) is 5.82 Å². The van der Waals surface area contributed by atoms with Gasteiger partial charge >= 0.3 is 0 Å². The Hall–Kier alpha value is -3.80.